The Morgan fingerprint density at radius 1 is 1.10 bits per heavy atom. The number of hydrogen-bond donors (Lipinski definition) is 1. The van der Waals surface area contributed by atoms with E-state index in [1.807, 2.05) is 12.1 Å². The van der Waals surface area contributed by atoms with Crippen molar-refractivity contribution in [3.63, 3.8) is 0 Å². The summed E-state index contributed by atoms with van der Waals surface area (Å²) in [6.45, 7) is 5.90. The van der Waals surface area contributed by atoms with Crippen LogP contribution in [0.25, 0.3) is 0 Å². The maximum absolute atomic E-state index is 12.6. The lowest BCUT2D eigenvalue weighted by Gasteiger charge is -2.60. The Kier molecular flexibility index (Phi) is 5.66. The van der Waals surface area contributed by atoms with E-state index in [1.165, 1.54) is 64.2 Å². The van der Waals surface area contributed by atoms with E-state index in [0.717, 1.165) is 42.1 Å². The van der Waals surface area contributed by atoms with Crippen LogP contribution in [0.15, 0.2) is 24.5 Å². The van der Waals surface area contributed by atoms with Crippen molar-refractivity contribution in [3.8, 4) is 0 Å². The van der Waals surface area contributed by atoms with Gasteiger partial charge in [0, 0.05) is 18.9 Å². The third-order valence-corrected chi connectivity index (χ3v) is 10.1. The van der Waals surface area contributed by atoms with Gasteiger partial charge in [-0.25, -0.2) is 0 Å². The standard InChI is InChI=1S/C27H40N2O/c1-18-8-10-22-19(15-18)9-11-24-23(22)12-13-27(2)21(6-3-7-25(24)27)17-29-26(30)20-5-4-14-28-16-20/h4-5,14,16,18-19,21-25H,3,6-13,15,17H2,1-2H3,(H,29,30)/t18-,19?,21+,22-,23?,24+,25?,27+/m0/s1. The SMILES string of the molecule is C[C@H]1CC[C@H]2C(CC[C@@H]3C2CC[C@@]2(C)C3CCC[C@@H]2CNC(=O)c2cccnc2)C1. The molecule has 1 N–H and O–H groups in total. The van der Waals surface area contributed by atoms with Crippen LogP contribution in [-0.4, -0.2) is 17.4 Å². The topological polar surface area (TPSA) is 42.0 Å². The maximum atomic E-state index is 12.6. The number of hydrogen-bond acceptors (Lipinski definition) is 2. The normalized spacial score (nSPS) is 43.1. The van der Waals surface area contributed by atoms with Gasteiger partial charge in [-0.2, -0.15) is 0 Å². The summed E-state index contributed by atoms with van der Waals surface area (Å²) >= 11 is 0. The van der Waals surface area contributed by atoms with Crippen molar-refractivity contribution in [2.24, 2.45) is 46.8 Å². The molecular weight excluding hydrogens is 368 g/mol. The molecule has 8 atom stereocenters. The average molecular weight is 409 g/mol. The number of carbonyl (C=O) groups excluding carboxylic acids is 1. The van der Waals surface area contributed by atoms with Gasteiger partial charge in [-0.15, -0.1) is 0 Å². The van der Waals surface area contributed by atoms with Crippen LogP contribution in [0.3, 0.4) is 0 Å². The van der Waals surface area contributed by atoms with Gasteiger partial charge in [0.05, 0.1) is 5.56 Å². The third kappa shape index (κ3) is 3.60. The summed E-state index contributed by atoms with van der Waals surface area (Å²) in [4.78, 5) is 16.7. The van der Waals surface area contributed by atoms with Gasteiger partial charge in [0.1, 0.15) is 0 Å². The Labute approximate surface area is 182 Å². The van der Waals surface area contributed by atoms with E-state index in [9.17, 15) is 4.79 Å². The lowest BCUT2D eigenvalue weighted by atomic mass is 9.45. The molecule has 4 aliphatic rings. The lowest BCUT2D eigenvalue weighted by molar-refractivity contribution is -0.108. The summed E-state index contributed by atoms with van der Waals surface area (Å²) in [6, 6.07) is 3.71. The minimum atomic E-state index is 0.0411. The Morgan fingerprint density at radius 2 is 1.97 bits per heavy atom. The summed E-state index contributed by atoms with van der Waals surface area (Å²) in [6.07, 6.45) is 17.7. The summed E-state index contributed by atoms with van der Waals surface area (Å²) < 4.78 is 0. The zero-order valence-corrected chi connectivity index (χ0v) is 19.0. The Morgan fingerprint density at radius 3 is 2.80 bits per heavy atom. The van der Waals surface area contributed by atoms with E-state index in [-0.39, 0.29) is 5.91 Å². The molecule has 0 aliphatic heterocycles. The van der Waals surface area contributed by atoms with E-state index < -0.39 is 0 Å². The largest absolute Gasteiger partial charge is 0.352 e. The van der Waals surface area contributed by atoms with Crippen molar-refractivity contribution in [3.05, 3.63) is 30.1 Å². The van der Waals surface area contributed by atoms with Crippen LogP contribution >= 0.6 is 0 Å². The summed E-state index contributed by atoms with van der Waals surface area (Å²) in [5.41, 5.74) is 1.10. The van der Waals surface area contributed by atoms with Crippen molar-refractivity contribution in [1.29, 1.82) is 0 Å². The molecule has 0 saturated heterocycles. The van der Waals surface area contributed by atoms with Crippen molar-refractivity contribution in [1.82, 2.24) is 10.3 Å². The number of amides is 1. The fourth-order valence-electron chi connectivity index (χ4n) is 8.55. The molecule has 4 fully saturated rings. The van der Waals surface area contributed by atoms with Gasteiger partial charge in [-0.3, -0.25) is 9.78 Å². The van der Waals surface area contributed by atoms with Gasteiger partial charge < -0.3 is 5.32 Å². The molecule has 4 aliphatic carbocycles. The molecular formula is C27H40N2O. The molecule has 164 valence electrons. The summed E-state index contributed by atoms with van der Waals surface area (Å²) in [7, 11) is 0. The van der Waals surface area contributed by atoms with E-state index in [1.54, 1.807) is 12.4 Å². The molecule has 0 bridgehead atoms. The molecule has 1 heterocycles. The second-order valence-corrected chi connectivity index (χ2v) is 11.5. The average Bonchev–Trinajstić information content (AvgIpc) is 2.77. The number of aromatic nitrogens is 1. The number of nitrogens with one attached hydrogen (secondary N) is 1. The molecule has 0 aromatic carbocycles. The predicted molar refractivity (Wildman–Crippen MR) is 121 cm³/mol. The van der Waals surface area contributed by atoms with Gasteiger partial charge >= 0.3 is 0 Å². The number of nitrogens with zero attached hydrogens (tertiary/aromatic N) is 1. The molecule has 3 unspecified atom stereocenters. The summed E-state index contributed by atoms with van der Waals surface area (Å²) in [5.74, 6) is 6.51. The summed E-state index contributed by atoms with van der Waals surface area (Å²) in [5, 5.41) is 3.27. The zero-order valence-electron chi connectivity index (χ0n) is 19.0. The fraction of sp³-hybridized carbons (Fsp3) is 0.778. The first kappa shape index (κ1) is 20.5. The highest BCUT2D eigenvalue weighted by Crippen LogP contribution is 2.62. The molecule has 0 radical (unpaired) electrons. The molecule has 30 heavy (non-hydrogen) atoms. The van der Waals surface area contributed by atoms with Crippen molar-refractivity contribution < 1.29 is 4.79 Å². The molecule has 3 heteroatoms. The molecule has 1 aromatic heterocycles. The van der Waals surface area contributed by atoms with Gasteiger partial charge in [-0.1, -0.05) is 26.7 Å². The minimum absolute atomic E-state index is 0.0411. The molecule has 1 aromatic rings. The first-order valence-corrected chi connectivity index (χ1v) is 12.7. The monoisotopic (exact) mass is 408 g/mol. The third-order valence-electron chi connectivity index (χ3n) is 10.1. The molecule has 5 rings (SSSR count). The first-order chi connectivity index (χ1) is 14.6. The van der Waals surface area contributed by atoms with E-state index >= 15 is 0 Å². The Hall–Kier alpha value is -1.38. The maximum Gasteiger partial charge on any atom is 0.252 e. The van der Waals surface area contributed by atoms with Crippen molar-refractivity contribution in [2.75, 3.05) is 6.54 Å². The van der Waals surface area contributed by atoms with Crippen LogP contribution in [0, 0.1) is 46.8 Å². The fourth-order valence-corrected chi connectivity index (χ4v) is 8.55. The van der Waals surface area contributed by atoms with Crippen LogP contribution in [0.2, 0.25) is 0 Å². The van der Waals surface area contributed by atoms with E-state index in [0.29, 0.717) is 16.9 Å². The number of carbonyl (C=O) groups is 1. The number of fused-ring (bicyclic) bond motifs is 5. The Balaban J connectivity index is 1.27. The highest BCUT2D eigenvalue weighted by Gasteiger charge is 2.55. The van der Waals surface area contributed by atoms with Gasteiger partial charge in [0.25, 0.3) is 5.91 Å². The molecule has 4 saturated carbocycles. The molecule has 1 amide bonds. The van der Waals surface area contributed by atoms with Gasteiger partial charge in [0.2, 0.25) is 0 Å². The van der Waals surface area contributed by atoms with E-state index in [4.69, 9.17) is 0 Å². The smallest absolute Gasteiger partial charge is 0.252 e. The number of rotatable bonds is 3. The number of pyridine rings is 1. The van der Waals surface area contributed by atoms with Gasteiger partial charge in [-0.05, 0) is 110 Å². The highest BCUT2D eigenvalue weighted by atomic mass is 16.1. The first-order valence-electron chi connectivity index (χ1n) is 12.7. The minimum Gasteiger partial charge on any atom is -0.352 e. The van der Waals surface area contributed by atoms with Crippen molar-refractivity contribution >= 4 is 5.91 Å². The lowest BCUT2D eigenvalue weighted by Crippen LogP contribution is -2.54. The molecule has 3 nitrogen and oxygen atoms in total. The quantitative estimate of drug-likeness (QED) is 0.656. The van der Waals surface area contributed by atoms with Crippen LogP contribution in [0.5, 0.6) is 0 Å². The van der Waals surface area contributed by atoms with Crippen LogP contribution in [0.4, 0.5) is 0 Å². The second kappa shape index (κ2) is 8.28. The van der Waals surface area contributed by atoms with Crippen LogP contribution in [-0.2, 0) is 0 Å². The second-order valence-electron chi connectivity index (χ2n) is 11.5. The van der Waals surface area contributed by atoms with E-state index in [2.05, 4.69) is 24.1 Å². The Bertz CT molecular complexity index is 748. The van der Waals surface area contributed by atoms with Crippen molar-refractivity contribution in [2.45, 2.75) is 78.1 Å². The van der Waals surface area contributed by atoms with Gasteiger partial charge in [0.15, 0.2) is 0 Å². The van der Waals surface area contributed by atoms with Crippen LogP contribution < -0.4 is 5.32 Å². The molecule has 0 spiro atoms. The zero-order chi connectivity index (χ0) is 20.7. The highest BCUT2D eigenvalue weighted by molar-refractivity contribution is 5.93. The predicted octanol–water partition coefficient (Wildman–Crippen LogP) is 6.11. The van der Waals surface area contributed by atoms with Crippen LogP contribution in [0.1, 0.15) is 88.4 Å².